The molecule has 2 amide bonds. The van der Waals surface area contributed by atoms with Crippen molar-refractivity contribution in [2.75, 3.05) is 12.3 Å². The first-order chi connectivity index (χ1) is 12.9. The van der Waals surface area contributed by atoms with Gasteiger partial charge in [-0.1, -0.05) is 43.2 Å². The fourth-order valence-electron chi connectivity index (χ4n) is 3.26. The Balaban J connectivity index is 1.68. The fraction of sp³-hybridized carbons (Fsp3) is 0.474. The van der Waals surface area contributed by atoms with Gasteiger partial charge in [-0.15, -0.1) is 5.10 Å². The first-order valence-corrected chi connectivity index (χ1v) is 9.16. The van der Waals surface area contributed by atoms with Crippen LogP contribution in [0.1, 0.15) is 37.3 Å². The molecule has 0 aliphatic carbocycles. The SMILES string of the molecule is CC(C)CC(=O)N1Cc2ccccc2CC1C(=O)NCCc1nnc(N)o1. The second-order valence-electron chi connectivity index (χ2n) is 7.18. The summed E-state index contributed by atoms with van der Waals surface area (Å²) in [7, 11) is 0. The topological polar surface area (TPSA) is 114 Å². The van der Waals surface area contributed by atoms with Crippen LogP contribution in [0.3, 0.4) is 0 Å². The summed E-state index contributed by atoms with van der Waals surface area (Å²) in [5.74, 6) is 0.439. The van der Waals surface area contributed by atoms with Gasteiger partial charge in [-0.25, -0.2) is 0 Å². The van der Waals surface area contributed by atoms with E-state index in [2.05, 4.69) is 15.5 Å². The molecule has 1 aromatic heterocycles. The molecule has 2 heterocycles. The molecule has 1 atom stereocenters. The van der Waals surface area contributed by atoms with Gasteiger partial charge in [0, 0.05) is 32.4 Å². The minimum atomic E-state index is -0.515. The number of nitrogen functional groups attached to an aromatic ring is 1. The molecule has 0 saturated carbocycles. The number of fused-ring (bicyclic) bond motifs is 1. The van der Waals surface area contributed by atoms with Gasteiger partial charge in [0.2, 0.25) is 17.7 Å². The summed E-state index contributed by atoms with van der Waals surface area (Å²) in [6.07, 6.45) is 1.33. The molecule has 1 aliphatic rings. The number of hydrogen-bond acceptors (Lipinski definition) is 6. The standard InChI is InChI=1S/C19H25N5O3/c1-12(2)9-17(25)24-11-14-6-4-3-5-13(14)10-15(24)18(26)21-8-7-16-22-23-19(20)27-16/h3-6,12,15H,7-11H2,1-2H3,(H2,20,23)(H,21,26). The molecule has 8 heteroatoms. The van der Waals surface area contributed by atoms with Crippen LogP contribution in [0.2, 0.25) is 0 Å². The zero-order valence-corrected chi connectivity index (χ0v) is 15.6. The Morgan fingerprint density at radius 3 is 2.70 bits per heavy atom. The molecular formula is C19H25N5O3. The molecule has 1 aliphatic heterocycles. The van der Waals surface area contributed by atoms with Crippen LogP contribution >= 0.6 is 0 Å². The molecule has 1 unspecified atom stereocenters. The number of benzene rings is 1. The number of nitrogens with one attached hydrogen (secondary N) is 1. The van der Waals surface area contributed by atoms with Gasteiger partial charge in [-0.2, -0.15) is 0 Å². The summed E-state index contributed by atoms with van der Waals surface area (Å²) in [6, 6.07) is 7.43. The van der Waals surface area contributed by atoms with Crippen molar-refractivity contribution in [2.45, 2.75) is 45.7 Å². The van der Waals surface area contributed by atoms with Crippen LogP contribution in [-0.4, -0.2) is 39.5 Å². The van der Waals surface area contributed by atoms with Gasteiger partial charge in [-0.05, 0) is 17.0 Å². The second-order valence-corrected chi connectivity index (χ2v) is 7.18. The summed E-state index contributed by atoms with van der Waals surface area (Å²) < 4.78 is 5.10. The van der Waals surface area contributed by atoms with Crippen LogP contribution in [0.5, 0.6) is 0 Å². The summed E-state index contributed by atoms with van der Waals surface area (Å²) in [5, 5.41) is 10.2. The van der Waals surface area contributed by atoms with E-state index in [9.17, 15) is 9.59 Å². The van der Waals surface area contributed by atoms with E-state index in [0.29, 0.717) is 38.2 Å². The van der Waals surface area contributed by atoms with Crippen LogP contribution < -0.4 is 11.1 Å². The second kappa shape index (κ2) is 8.20. The molecule has 8 nitrogen and oxygen atoms in total. The third-order valence-electron chi connectivity index (χ3n) is 4.57. The van der Waals surface area contributed by atoms with Crippen molar-refractivity contribution in [3.8, 4) is 0 Å². The number of rotatable bonds is 6. The highest BCUT2D eigenvalue weighted by atomic mass is 16.4. The van der Waals surface area contributed by atoms with Gasteiger partial charge in [0.05, 0.1) is 0 Å². The van der Waals surface area contributed by atoms with Crippen molar-refractivity contribution >= 4 is 17.8 Å². The number of carbonyl (C=O) groups excluding carboxylic acids is 2. The van der Waals surface area contributed by atoms with E-state index in [4.69, 9.17) is 10.2 Å². The number of amides is 2. The average Bonchev–Trinajstić information content (AvgIpc) is 3.05. The van der Waals surface area contributed by atoms with Crippen LogP contribution in [0.25, 0.3) is 0 Å². The van der Waals surface area contributed by atoms with E-state index in [0.717, 1.165) is 11.1 Å². The molecule has 27 heavy (non-hydrogen) atoms. The number of aromatic nitrogens is 2. The molecule has 3 rings (SSSR count). The predicted octanol–water partition coefficient (Wildman–Crippen LogP) is 1.31. The Labute approximate surface area is 158 Å². The molecule has 1 aromatic carbocycles. The molecular weight excluding hydrogens is 346 g/mol. The molecule has 144 valence electrons. The van der Waals surface area contributed by atoms with Gasteiger partial charge in [0.15, 0.2) is 0 Å². The highest BCUT2D eigenvalue weighted by Crippen LogP contribution is 2.25. The normalized spacial score (nSPS) is 16.3. The largest absolute Gasteiger partial charge is 0.408 e. The minimum absolute atomic E-state index is 0.00401. The summed E-state index contributed by atoms with van der Waals surface area (Å²) in [4.78, 5) is 27.2. The van der Waals surface area contributed by atoms with Crippen LogP contribution in [0.4, 0.5) is 6.01 Å². The van der Waals surface area contributed by atoms with Crippen molar-refractivity contribution in [1.29, 1.82) is 0 Å². The molecule has 2 aromatic rings. The van der Waals surface area contributed by atoms with E-state index >= 15 is 0 Å². The third kappa shape index (κ3) is 4.64. The molecule has 3 N–H and O–H groups in total. The number of nitrogens with zero attached hydrogens (tertiary/aromatic N) is 3. The highest BCUT2D eigenvalue weighted by Gasteiger charge is 2.34. The Hall–Kier alpha value is -2.90. The molecule has 0 spiro atoms. The third-order valence-corrected chi connectivity index (χ3v) is 4.57. The first kappa shape index (κ1) is 18.9. The van der Waals surface area contributed by atoms with Gasteiger partial charge >= 0.3 is 6.01 Å². The van der Waals surface area contributed by atoms with Crippen molar-refractivity contribution in [2.24, 2.45) is 5.92 Å². The molecule has 0 radical (unpaired) electrons. The number of carbonyl (C=O) groups is 2. The first-order valence-electron chi connectivity index (χ1n) is 9.16. The molecule has 0 saturated heterocycles. The maximum atomic E-state index is 12.8. The van der Waals surface area contributed by atoms with E-state index < -0.39 is 6.04 Å². The lowest BCUT2D eigenvalue weighted by molar-refractivity contribution is -0.142. The zero-order valence-electron chi connectivity index (χ0n) is 15.6. The Morgan fingerprint density at radius 1 is 1.30 bits per heavy atom. The van der Waals surface area contributed by atoms with Crippen LogP contribution in [0, 0.1) is 5.92 Å². The average molecular weight is 371 g/mol. The summed E-state index contributed by atoms with van der Waals surface area (Å²) >= 11 is 0. The Bertz CT molecular complexity index is 817. The fourth-order valence-corrected chi connectivity index (χ4v) is 3.26. The maximum Gasteiger partial charge on any atom is 0.312 e. The predicted molar refractivity (Wildman–Crippen MR) is 99.4 cm³/mol. The lowest BCUT2D eigenvalue weighted by Gasteiger charge is -2.36. The Kier molecular flexibility index (Phi) is 5.73. The van der Waals surface area contributed by atoms with E-state index in [1.165, 1.54) is 0 Å². The highest BCUT2D eigenvalue weighted by molar-refractivity contribution is 5.88. The van der Waals surface area contributed by atoms with Gasteiger partial charge in [0.25, 0.3) is 0 Å². The van der Waals surface area contributed by atoms with Gasteiger partial charge in [-0.3, -0.25) is 9.59 Å². The van der Waals surface area contributed by atoms with Crippen molar-refractivity contribution in [3.63, 3.8) is 0 Å². The summed E-state index contributed by atoms with van der Waals surface area (Å²) in [6.45, 7) is 4.80. The molecule has 0 fully saturated rings. The minimum Gasteiger partial charge on any atom is -0.408 e. The van der Waals surface area contributed by atoms with E-state index in [-0.39, 0.29) is 23.7 Å². The lowest BCUT2D eigenvalue weighted by Crippen LogP contribution is -2.53. The smallest absolute Gasteiger partial charge is 0.312 e. The van der Waals surface area contributed by atoms with Crippen LogP contribution in [-0.2, 0) is 29.0 Å². The van der Waals surface area contributed by atoms with Crippen molar-refractivity contribution in [3.05, 3.63) is 41.3 Å². The monoisotopic (exact) mass is 371 g/mol. The Morgan fingerprint density at radius 2 is 2.04 bits per heavy atom. The quantitative estimate of drug-likeness (QED) is 0.791. The van der Waals surface area contributed by atoms with Gasteiger partial charge < -0.3 is 20.4 Å². The zero-order chi connectivity index (χ0) is 19.4. The van der Waals surface area contributed by atoms with Crippen molar-refractivity contribution < 1.29 is 14.0 Å². The van der Waals surface area contributed by atoms with Crippen molar-refractivity contribution in [1.82, 2.24) is 20.4 Å². The summed E-state index contributed by atoms with van der Waals surface area (Å²) in [5.41, 5.74) is 7.60. The maximum absolute atomic E-state index is 12.8. The lowest BCUT2D eigenvalue weighted by atomic mass is 9.92. The molecule has 0 bridgehead atoms. The number of anilines is 1. The number of nitrogens with two attached hydrogens (primary N) is 1. The number of hydrogen-bond donors (Lipinski definition) is 2. The van der Waals surface area contributed by atoms with E-state index in [1.54, 1.807) is 4.90 Å². The van der Waals surface area contributed by atoms with Gasteiger partial charge in [0.1, 0.15) is 6.04 Å². The van der Waals surface area contributed by atoms with E-state index in [1.807, 2.05) is 38.1 Å². The van der Waals surface area contributed by atoms with Crippen LogP contribution in [0.15, 0.2) is 28.7 Å².